The minimum absolute atomic E-state index is 0.0868. The Bertz CT molecular complexity index is 1560. The molecule has 0 bridgehead atoms. The first-order valence-electron chi connectivity index (χ1n) is 12.8. The molecule has 0 radical (unpaired) electrons. The van der Waals surface area contributed by atoms with Crippen molar-refractivity contribution in [3.8, 4) is 11.3 Å². The van der Waals surface area contributed by atoms with Gasteiger partial charge in [-0.25, -0.2) is 9.50 Å². The minimum atomic E-state index is -0.409. The highest BCUT2D eigenvalue weighted by molar-refractivity contribution is 7.99. The van der Waals surface area contributed by atoms with Gasteiger partial charge in [0.05, 0.1) is 23.3 Å². The molecule has 12 heteroatoms. The van der Waals surface area contributed by atoms with Crippen LogP contribution in [-0.4, -0.2) is 53.9 Å². The molecule has 1 aliphatic carbocycles. The van der Waals surface area contributed by atoms with Crippen LogP contribution in [0.2, 0.25) is 0 Å². The average Bonchev–Trinajstić information content (AvgIpc) is 3.65. The van der Waals surface area contributed by atoms with Crippen LogP contribution in [-0.2, 0) is 18.4 Å². The monoisotopic (exact) mass is 547 g/mol. The molecule has 1 saturated carbocycles. The summed E-state index contributed by atoms with van der Waals surface area (Å²) in [5.74, 6) is 0.246. The molecule has 11 nitrogen and oxygen atoms in total. The van der Waals surface area contributed by atoms with Crippen molar-refractivity contribution in [2.75, 3.05) is 22.0 Å². The second-order valence-electron chi connectivity index (χ2n) is 10.0. The molecule has 204 valence electrons. The molecular weight excluding hydrogens is 514 g/mol. The van der Waals surface area contributed by atoms with Gasteiger partial charge in [-0.2, -0.15) is 5.10 Å². The van der Waals surface area contributed by atoms with Crippen molar-refractivity contribution in [1.29, 1.82) is 0 Å². The van der Waals surface area contributed by atoms with Gasteiger partial charge in [-0.15, -0.1) is 5.10 Å². The zero-order valence-corrected chi connectivity index (χ0v) is 23.5. The summed E-state index contributed by atoms with van der Waals surface area (Å²) in [6, 6.07) is 6.13. The SMILES string of the molecule is CSNc1cc(-c2ccn3nc(N)c(C(=O)Nc4cnn(C)c4C)c3n2)cc(CN(C=O)C(C)C2CC2)c1C. The number of rotatable bonds is 10. The number of anilines is 3. The number of fused-ring (bicyclic) bond motifs is 1. The predicted molar refractivity (Wildman–Crippen MR) is 154 cm³/mol. The van der Waals surface area contributed by atoms with Gasteiger partial charge in [0.2, 0.25) is 6.41 Å². The third kappa shape index (κ3) is 5.16. The van der Waals surface area contributed by atoms with Crippen molar-refractivity contribution in [3.05, 3.63) is 53.0 Å². The Kier molecular flexibility index (Phi) is 7.21. The molecule has 3 aromatic heterocycles. The van der Waals surface area contributed by atoms with E-state index in [0.29, 0.717) is 29.5 Å². The van der Waals surface area contributed by atoms with Gasteiger partial charge in [0.15, 0.2) is 11.5 Å². The van der Waals surface area contributed by atoms with Gasteiger partial charge >= 0.3 is 0 Å². The van der Waals surface area contributed by atoms with Gasteiger partial charge in [0, 0.05) is 43.3 Å². The van der Waals surface area contributed by atoms with Crippen LogP contribution in [0.4, 0.5) is 17.2 Å². The number of carbonyl (C=O) groups is 2. The molecule has 4 aromatic rings. The first kappa shape index (κ1) is 26.5. The Hall–Kier alpha value is -4.06. The number of nitrogen functional groups attached to an aromatic ring is 1. The molecule has 0 aliphatic heterocycles. The standard InChI is InChI=1S/C27H33N9O2S/c1-15-20(13-35(14-37)16(2)18-6-7-18)10-19(11-22(15)33-39-5)21-8-9-36-26(30-21)24(25(28)32-36)27(38)31-23-12-29-34(4)17(23)3/h8-12,14,16,18,33H,6-7,13H2,1-5H3,(H2,28,32)(H,31,38). The normalized spacial score (nSPS) is 13.9. The number of aromatic nitrogens is 5. The predicted octanol–water partition coefficient (Wildman–Crippen LogP) is 4.03. The lowest BCUT2D eigenvalue weighted by Gasteiger charge is -2.27. The lowest BCUT2D eigenvalue weighted by Crippen LogP contribution is -2.33. The van der Waals surface area contributed by atoms with Crippen molar-refractivity contribution in [3.63, 3.8) is 0 Å². The molecule has 1 unspecified atom stereocenters. The zero-order chi connectivity index (χ0) is 27.8. The highest BCUT2D eigenvalue weighted by Crippen LogP contribution is 2.36. The molecular formula is C27H33N9O2S. The Morgan fingerprint density at radius 2 is 2.08 bits per heavy atom. The van der Waals surface area contributed by atoms with Crippen LogP contribution in [0.15, 0.2) is 30.6 Å². The molecule has 1 aromatic carbocycles. The van der Waals surface area contributed by atoms with Crippen LogP contribution >= 0.6 is 11.9 Å². The van der Waals surface area contributed by atoms with E-state index in [1.807, 2.05) is 30.2 Å². The summed E-state index contributed by atoms with van der Waals surface area (Å²) in [5, 5.41) is 11.4. The number of nitrogens with two attached hydrogens (primary N) is 1. The Morgan fingerprint density at radius 3 is 2.72 bits per heavy atom. The summed E-state index contributed by atoms with van der Waals surface area (Å²) in [4.78, 5) is 32.0. The van der Waals surface area contributed by atoms with E-state index in [1.165, 1.54) is 29.3 Å². The maximum absolute atomic E-state index is 13.3. The number of hydrogen-bond donors (Lipinski definition) is 3. The molecule has 0 saturated heterocycles. The smallest absolute Gasteiger partial charge is 0.263 e. The molecule has 1 atom stereocenters. The van der Waals surface area contributed by atoms with Gasteiger partial charge in [-0.3, -0.25) is 14.3 Å². The number of carbonyl (C=O) groups excluding carboxylic acids is 2. The molecule has 39 heavy (non-hydrogen) atoms. The van der Waals surface area contributed by atoms with Gasteiger partial charge < -0.3 is 20.7 Å². The molecule has 4 N–H and O–H groups in total. The van der Waals surface area contributed by atoms with E-state index < -0.39 is 5.91 Å². The third-order valence-electron chi connectivity index (χ3n) is 7.56. The quantitative estimate of drug-likeness (QED) is 0.200. The first-order chi connectivity index (χ1) is 18.7. The van der Waals surface area contributed by atoms with Crippen LogP contribution in [0.3, 0.4) is 0 Å². The topological polar surface area (TPSA) is 135 Å². The molecule has 1 aliphatic rings. The second-order valence-corrected chi connectivity index (χ2v) is 10.6. The van der Waals surface area contributed by atoms with Crippen LogP contribution in [0.1, 0.15) is 46.9 Å². The van der Waals surface area contributed by atoms with Gasteiger partial charge in [0.1, 0.15) is 5.56 Å². The van der Waals surface area contributed by atoms with E-state index in [4.69, 9.17) is 10.7 Å². The molecule has 3 heterocycles. The fraction of sp³-hybridized carbons (Fsp3) is 0.370. The van der Waals surface area contributed by atoms with Crippen LogP contribution in [0.5, 0.6) is 0 Å². The summed E-state index contributed by atoms with van der Waals surface area (Å²) in [5.41, 5.74) is 12.7. The van der Waals surface area contributed by atoms with Crippen molar-refractivity contribution in [2.24, 2.45) is 13.0 Å². The Labute approximate surface area is 231 Å². The number of benzene rings is 1. The number of amides is 2. The van der Waals surface area contributed by atoms with Crippen molar-refractivity contribution < 1.29 is 9.59 Å². The summed E-state index contributed by atoms with van der Waals surface area (Å²) >= 11 is 1.50. The summed E-state index contributed by atoms with van der Waals surface area (Å²) in [6.45, 7) is 6.54. The van der Waals surface area contributed by atoms with E-state index in [9.17, 15) is 9.59 Å². The lowest BCUT2D eigenvalue weighted by atomic mass is 9.99. The summed E-state index contributed by atoms with van der Waals surface area (Å²) in [6.07, 6.45) is 8.58. The zero-order valence-electron chi connectivity index (χ0n) is 22.7. The van der Waals surface area contributed by atoms with Crippen LogP contribution in [0.25, 0.3) is 16.9 Å². The molecule has 2 amide bonds. The highest BCUT2D eigenvalue weighted by Gasteiger charge is 2.32. The van der Waals surface area contributed by atoms with Gasteiger partial charge in [-0.05, 0) is 68.9 Å². The Balaban J connectivity index is 1.54. The summed E-state index contributed by atoms with van der Waals surface area (Å²) in [7, 11) is 1.80. The van der Waals surface area contributed by atoms with Crippen molar-refractivity contribution >= 4 is 47.1 Å². The lowest BCUT2D eigenvalue weighted by molar-refractivity contribution is -0.120. The van der Waals surface area contributed by atoms with Crippen LogP contribution < -0.4 is 15.8 Å². The van der Waals surface area contributed by atoms with E-state index in [-0.39, 0.29) is 17.4 Å². The molecule has 5 rings (SSSR count). The summed E-state index contributed by atoms with van der Waals surface area (Å²) < 4.78 is 6.54. The second kappa shape index (κ2) is 10.6. The highest BCUT2D eigenvalue weighted by atomic mass is 32.2. The molecule has 0 spiro atoms. The maximum atomic E-state index is 13.3. The number of nitrogens with one attached hydrogen (secondary N) is 2. The van der Waals surface area contributed by atoms with E-state index in [2.05, 4.69) is 40.2 Å². The minimum Gasteiger partial charge on any atom is -0.381 e. The van der Waals surface area contributed by atoms with E-state index in [0.717, 1.165) is 34.5 Å². The number of hydrogen-bond acceptors (Lipinski definition) is 8. The number of aryl methyl sites for hydroxylation is 1. The Morgan fingerprint density at radius 1 is 1.31 bits per heavy atom. The number of nitrogens with zero attached hydrogens (tertiary/aromatic N) is 6. The van der Waals surface area contributed by atoms with Crippen molar-refractivity contribution in [1.82, 2.24) is 29.3 Å². The maximum Gasteiger partial charge on any atom is 0.263 e. The van der Waals surface area contributed by atoms with Crippen LogP contribution in [0, 0.1) is 19.8 Å². The first-order valence-corrected chi connectivity index (χ1v) is 14.0. The fourth-order valence-electron chi connectivity index (χ4n) is 4.76. The van der Waals surface area contributed by atoms with Crippen molar-refractivity contribution in [2.45, 2.75) is 46.2 Å². The third-order valence-corrected chi connectivity index (χ3v) is 7.99. The van der Waals surface area contributed by atoms with Gasteiger partial charge in [0.25, 0.3) is 5.91 Å². The van der Waals surface area contributed by atoms with E-state index in [1.54, 1.807) is 24.1 Å². The fourth-order valence-corrected chi connectivity index (χ4v) is 5.19. The van der Waals surface area contributed by atoms with E-state index >= 15 is 0 Å². The molecule has 1 fully saturated rings. The van der Waals surface area contributed by atoms with Gasteiger partial charge in [-0.1, -0.05) is 11.9 Å². The average molecular weight is 548 g/mol. The largest absolute Gasteiger partial charge is 0.381 e.